The lowest BCUT2D eigenvalue weighted by Crippen LogP contribution is -2.61. The Kier molecular flexibility index (Phi) is 6.35. The van der Waals surface area contributed by atoms with Crippen LogP contribution in [0.1, 0.15) is 58.6 Å². The van der Waals surface area contributed by atoms with Crippen LogP contribution in [0.2, 0.25) is 5.28 Å². The molecule has 13 nitrogen and oxygen atoms in total. The van der Waals surface area contributed by atoms with E-state index in [1.54, 1.807) is 0 Å². The van der Waals surface area contributed by atoms with Gasteiger partial charge in [-0.3, -0.25) is 13.9 Å². The highest BCUT2D eigenvalue weighted by Gasteiger charge is 2.60. The summed E-state index contributed by atoms with van der Waals surface area (Å²) in [6, 6.07) is 0. The number of carboxylic acid groups (broad SMARTS) is 1. The van der Waals surface area contributed by atoms with Crippen molar-refractivity contribution in [1.29, 1.82) is 0 Å². The van der Waals surface area contributed by atoms with Crippen molar-refractivity contribution in [3.8, 4) is 0 Å². The van der Waals surface area contributed by atoms with Gasteiger partial charge in [-0.05, 0) is 66.9 Å². The maximum Gasteiger partial charge on any atom is 0.339 e. The number of carbonyl (C=O) groups is 1. The molecule has 4 saturated carbocycles. The number of fused-ring (bicyclic) bond motifs is 1. The first kappa shape index (κ1) is 27.3. The molecular weight excluding hydrogens is 553 g/mol. The van der Waals surface area contributed by atoms with E-state index in [1.807, 2.05) is 0 Å². The van der Waals surface area contributed by atoms with Crippen LogP contribution in [0.3, 0.4) is 0 Å². The largest absolute Gasteiger partial charge is 0.481 e. The summed E-state index contributed by atoms with van der Waals surface area (Å²) >= 11 is 6.35. The van der Waals surface area contributed by atoms with Gasteiger partial charge in [0, 0.05) is 5.54 Å². The van der Waals surface area contributed by atoms with Crippen LogP contribution in [0.4, 0.5) is 5.82 Å². The Morgan fingerprint density at radius 3 is 2.54 bits per heavy atom. The second-order valence-electron chi connectivity index (χ2n) is 12.7. The van der Waals surface area contributed by atoms with Gasteiger partial charge in [-0.25, -0.2) is 4.98 Å². The molecule has 2 aromatic heterocycles. The lowest BCUT2D eigenvalue weighted by molar-refractivity contribution is -0.134. The standard InChI is InChI=1S/C24H33ClN5O8P/c1-22-3-12-4-23(2,8-22)10-24(5-12,9-22)29-18-15-19(28-21(25)27-18)30(11-26-15)20-17(34)16(33)13(38-20)6-37-39(35,36)7-14(31)32/h11-13,16-17,20,33-34H,3-10H2,1-2H3,(H,31,32)(H,35,36)(H,27,28,29)/t12?,13-,16?,17+,20-,22-,23+,24?/m1/s1. The van der Waals surface area contributed by atoms with Crippen LogP contribution in [0.15, 0.2) is 6.33 Å². The molecule has 0 amide bonds. The highest BCUT2D eigenvalue weighted by Crippen LogP contribution is 2.67. The molecule has 7 rings (SSSR count). The Morgan fingerprint density at radius 2 is 1.90 bits per heavy atom. The van der Waals surface area contributed by atoms with Gasteiger partial charge in [0.25, 0.3) is 0 Å². The van der Waals surface area contributed by atoms with Crippen LogP contribution in [0, 0.1) is 16.7 Å². The summed E-state index contributed by atoms with van der Waals surface area (Å²) in [7, 11) is -4.46. The Bertz CT molecular complexity index is 1360. The quantitative estimate of drug-likeness (QED) is 0.225. The number of rotatable bonds is 8. The van der Waals surface area contributed by atoms with E-state index in [4.69, 9.17) is 26.0 Å². The number of ether oxygens (including phenoxy) is 1. The van der Waals surface area contributed by atoms with Crippen LogP contribution in [0.5, 0.6) is 0 Å². The van der Waals surface area contributed by atoms with Crippen molar-refractivity contribution in [3.05, 3.63) is 11.6 Å². The van der Waals surface area contributed by atoms with Gasteiger partial charge < -0.3 is 34.8 Å². The number of imidazole rings is 1. The second kappa shape index (κ2) is 9.07. The lowest BCUT2D eigenvalue weighted by Gasteiger charge is -2.65. The van der Waals surface area contributed by atoms with Crippen molar-refractivity contribution in [2.24, 2.45) is 16.7 Å². The number of carboxylic acids is 1. The molecule has 1 saturated heterocycles. The molecule has 9 atom stereocenters. The first-order valence-corrected chi connectivity index (χ1v) is 15.2. The summed E-state index contributed by atoms with van der Waals surface area (Å²) < 4.78 is 24.0. The molecule has 214 valence electrons. The van der Waals surface area contributed by atoms with E-state index < -0.39 is 50.9 Å². The molecule has 4 aliphatic carbocycles. The fourth-order valence-electron chi connectivity index (χ4n) is 8.50. The van der Waals surface area contributed by atoms with Crippen molar-refractivity contribution in [3.63, 3.8) is 0 Å². The van der Waals surface area contributed by atoms with Crippen LogP contribution in [-0.4, -0.2) is 82.3 Å². The first-order valence-electron chi connectivity index (χ1n) is 13.1. The predicted octanol–water partition coefficient (Wildman–Crippen LogP) is 2.55. The van der Waals surface area contributed by atoms with Gasteiger partial charge in [-0.2, -0.15) is 9.97 Å². The fraction of sp³-hybridized carbons (Fsp3) is 0.750. The van der Waals surface area contributed by atoms with E-state index in [2.05, 4.69) is 34.1 Å². The molecule has 3 heterocycles. The molecule has 4 unspecified atom stereocenters. The van der Waals surface area contributed by atoms with Crippen LogP contribution < -0.4 is 5.32 Å². The third-order valence-electron chi connectivity index (χ3n) is 8.79. The van der Waals surface area contributed by atoms with E-state index in [-0.39, 0.29) is 27.3 Å². The normalized spacial score (nSPS) is 40.7. The Balaban J connectivity index is 1.26. The van der Waals surface area contributed by atoms with Gasteiger partial charge in [0.2, 0.25) is 5.28 Å². The van der Waals surface area contributed by atoms with Crippen molar-refractivity contribution in [2.75, 3.05) is 18.1 Å². The number of aliphatic carboxylic acids is 1. The van der Waals surface area contributed by atoms with Gasteiger partial charge in [0.05, 0.1) is 12.9 Å². The van der Waals surface area contributed by atoms with Crippen LogP contribution >= 0.6 is 19.2 Å². The molecule has 2 aromatic rings. The zero-order valence-electron chi connectivity index (χ0n) is 21.7. The van der Waals surface area contributed by atoms with Crippen LogP contribution in [-0.2, 0) is 18.6 Å². The molecule has 5 fully saturated rings. The smallest absolute Gasteiger partial charge is 0.339 e. The summed E-state index contributed by atoms with van der Waals surface area (Å²) in [4.78, 5) is 33.8. The highest BCUT2D eigenvalue weighted by atomic mass is 35.5. The number of aliphatic hydroxyl groups is 2. The average Bonchev–Trinajstić information content (AvgIpc) is 3.30. The molecule has 0 spiro atoms. The molecule has 39 heavy (non-hydrogen) atoms. The molecule has 0 aromatic carbocycles. The summed E-state index contributed by atoms with van der Waals surface area (Å²) in [6.45, 7) is 4.16. The minimum atomic E-state index is -4.46. The van der Waals surface area contributed by atoms with Crippen molar-refractivity contribution in [2.45, 2.75) is 82.5 Å². The van der Waals surface area contributed by atoms with E-state index in [9.17, 15) is 24.5 Å². The molecular formula is C24H33ClN5O8P. The Morgan fingerprint density at radius 1 is 1.21 bits per heavy atom. The monoisotopic (exact) mass is 585 g/mol. The topological polar surface area (TPSA) is 189 Å². The minimum absolute atomic E-state index is 0.0169. The maximum absolute atomic E-state index is 11.9. The fourth-order valence-corrected chi connectivity index (χ4v) is 9.48. The van der Waals surface area contributed by atoms with Gasteiger partial charge in [0.1, 0.15) is 24.5 Å². The number of halogens is 1. The summed E-state index contributed by atoms with van der Waals surface area (Å²) in [5.41, 5.74) is 1.14. The number of hydrogen-bond donors (Lipinski definition) is 5. The molecule has 0 radical (unpaired) electrons. The van der Waals surface area contributed by atoms with Gasteiger partial charge in [-0.1, -0.05) is 13.8 Å². The molecule has 15 heteroatoms. The van der Waals surface area contributed by atoms with Gasteiger partial charge in [-0.15, -0.1) is 0 Å². The molecule has 1 aliphatic heterocycles. The number of aromatic nitrogens is 4. The Labute approximate surface area is 229 Å². The number of nitrogens with zero attached hydrogens (tertiary/aromatic N) is 4. The zero-order chi connectivity index (χ0) is 28.0. The third kappa shape index (κ3) is 4.96. The molecule has 5 aliphatic rings. The third-order valence-corrected chi connectivity index (χ3v) is 10.2. The summed E-state index contributed by atoms with van der Waals surface area (Å²) in [5, 5.41) is 33.7. The average molecular weight is 586 g/mol. The number of aliphatic hydroxyl groups excluding tert-OH is 2. The minimum Gasteiger partial charge on any atom is -0.481 e. The lowest BCUT2D eigenvalue weighted by atomic mass is 9.43. The SMILES string of the molecule is C[C@]12CC3CC(Nc4nc(Cl)nc5c4ncn5[C@@H]4O[C@H](COP(=O)(O)CC(=O)O)C(O)[C@@H]4O)(C1)C[C@@](C)(C3)C2. The number of anilines is 1. The number of hydrogen-bond acceptors (Lipinski definition) is 10. The Hall–Kier alpha value is -1.86. The van der Waals surface area contributed by atoms with Crippen molar-refractivity contribution < 1.29 is 38.8 Å². The maximum atomic E-state index is 11.9. The van der Waals surface area contributed by atoms with E-state index >= 15 is 0 Å². The zero-order valence-corrected chi connectivity index (χ0v) is 23.3. The summed E-state index contributed by atoms with van der Waals surface area (Å²) in [6.07, 6.45) is 1.83. The van der Waals surface area contributed by atoms with E-state index in [0.717, 1.165) is 19.3 Å². The van der Waals surface area contributed by atoms with Crippen LogP contribution in [0.25, 0.3) is 11.2 Å². The van der Waals surface area contributed by atoms with E-state index in [0.29, 0.717) is 17.3 Å². The number of nitrogens with one attached hydrogen (secondary N) is 1. The molecule has 4 bridgehead atoms. The summed E-state index contributed by atoms with van der Waals surface area (Å²) in [5.74, 6) is -0.350. The van der Waals surface area contributed by atoms with Gasteiger partial charge >= 0.3 is 13.6 Å². The predicted molar refractivity (Wildman–Crippen MR) is 138 cm³/mol. The van der Waals surface area contributed by atoms with Crippen molar-refractivity contribution >= 4 is 42.1 Å². The van der Waals surface area contributed by atoms with Crippen molar-refractivity contribution in [1.82, 2.24) is 19.5 Å². The molecule has 5 N–H and O–H groups in total. The van der Waals surface area contributed by atoms with Gasteiger partial charge in [0.15, 0.2) is 23.2 Å². The second-order valence-corrected chi connectivity index (χ2v) is 14.9. The van der Waals surface area contributed by atoms with E-state index in [1.165, 1.54) is 30.2 Å². The highest BCUT2D eigenvalue weighted by molar-refractivity contribution is 7.53. The first-order chi connectivity index (χ1) is 18.2.